The first-order valence-electron chi connectivity index (χ1n) is 7.66. The van der Waals surface area contributed by atoms with Crippen LogP contribution in [0.3, 0.4) is 0 Å². The molecule has 0 spiro atoms. The molecule has 0 aliphatic rings. The van der Waals surface area contributed by atoms with E-state index in [9.17, 15) is 9.59 Å². The topological polar surface area (TPSA) is 58.2 Å². The average Bonchev–Trinajstić information content (AvgIpc) is 2.49. The molecule has 4 heteroatoms. The molecular weight excluding hydrogens is 276 g/mol. The lowest BCUT2D eigenvalue weighted by molar-refractivity contribution is 0.546. The van der Waals surface area contributed by atoms with Gasteiger partial charge in [-0.3, -0.25) is 9.59 Å². The zero-order valence-corrected chi connectivity index (χ0v) is 14.0. The van der Waals surface area contributed by atoms with Gasteiger partial charge in [0.05, 0.1) is 0 Å². The summed E-state index contributed by atoms with van der Waals surface area (Å²) in [4.78, 5) is 23.6. The van der Waals surface area contributed by atoms with Gasteiger partial charge in [0.2, 0.25) is 0 Å². The molecule has 2 rings (SSSR count). The maximum absolute atomic E-state index is 11.8. The number of nitrogens with one attached hydrogen (secondary N) is 2. The lowest BCUT2D eigenvalue weighted by Gasteiger charge is -2.28. The fourth-order valence-corrected chi connectivity index (χ4v) is 2.28. The van der Waals surface area contributed by atoms with Gasteiger partial charge in [0.1, 0.15) is 11.4 Å². The summed E-state index contributed by atoms with van der Waals surface area (Å²) in [5.41, 5.74) is 3.24. The number of benzene rings is 1. The van der Waals surface area contributed by atoms with Crippen molar-refractivity contribution in [2.45, 2.75) is 53.1 Å². The SMILES string of the molecule is CCC(C)(C)Nc1c(NCc2cc(C)ccc2C)c(=O)c1=O. The first-order chi connectivity index (χ1) is 10.2. The van der Waals surface area contributed by atoms with E-state index in [1.807, 2.05) is 34.6 Å². The summed E-state index contributed by atoms with van der Waals surface area (Å²) < 4.78 is 0. The third-order valence-corrected chi connectivity index (χ3v) is 4.22. The molecule has 0 atom stereocenters. The van der Waals surface area contributed by atoms with Crippen molar-refractivity contribution in [3.8, 4) is 0 Å². The Kier molecular flexibility index (Phi) is 4.40. The molecule has 0 radical (unpaired) electrons. The lowest BCUT2D eigenvalue weighted by Crippen LogP contribution is -2.42. The Morgan fingerprint density at radius 1 is 1.05 bits per heavy atom. The van der Waals surface area contributed by atoms with Gasteiger partial charge in [-0.15, -0.1) is 0 Å². The smallest absolute Gasteiger partial charge is 0.253 e. The van der Waals surface area contributed by atoms with E-state index in [4.69, 9.17) is 0 Å². The van der Waals surface area contributed by atoms with Crippen LogP contribution in [0.15, 0.2) is 27.8 Å². The molecule has 0 heterocycles. The minimum absolute atomic E-state index is 0.210. The number of aryl methyl sites for hydroxylation is 2. The van der Waals surface area contributed by atoms with E-state index in [-0.39, 0.29) is 5.54 Å². The van der Waals surface area contributed by atoms with E-state index in [2.05, 4.69) is 28.8 Å². The maximum Gasteiger partial charge on any atom is 0.253 e. The van der Waals surface area contributed by atoms with E-state index in [0.29, 0.717) is 17.9 Å². The highest BCUT2D eigenvalue weighted by molar-refractivity contribution is 5.74. The van der Waals surface area contributed by atoms with Crippen molar-refractivity contribution >= 4 is 11.4 Å². The molecule has 2 aromatic rings. The van der Waals surface area contributed by atoms with Crippen LogP contribution in [-0.2, 0) is 6.54 Å². The van der Waals surface area contributed by atoms with Gasteiger partial charge in [-0.2, -0.15) is 0 Å². The van der Waals surface area contributed by atoms with Crippen LogP contribution in [0.4, 0.5) is 11.4 Å². The fraction of sp³-hybridized carbons (Fsp3) is 0.444. The van der Waals surface area contributed by atoms with Crippen molar-refractivity contribution in [3.63, 3.8) is 0 Å². The summed E-state index contributed by atoms with van der Waals surface area (Å²) in [6, 6.07) is 6.22. The summed E-state index contributed by atoms with van der Waals surface area (Å²) in [5, 5.41) is 6.31. The van der Waals surface area contributed by atoms with Gasteiger partial charge in [0.15, 0.2) is 0 Å². The minimum atomic E-state index is -0.431. The highest BCUT2D eigenvalue weighted by atomic mass is 16.2. The van der Waals surface area contributed by atoms with Gasteiger partial charge in [0.25, 0.3) is 10.9 Å². The Labute approximate surface area is 131 Å². The lowest BCUT2D eigenvalue weighted by atomic mass is 10.00. The van der Waals surface area contributed by atoms with E-state index in [1.165, 1.54) is 11.1 Å². The van der Waals surface area contributed by atoms with Crippen LogP contribution >= 0.6 is 0 Å². The maximum atomic E-state index is 11.8. The zero-order valence-electron chi connectivity index (χ0n) is 14.0. The zero-order chi connectivity index (χ0) is 16.5. The largest absolute Gasteiger partial charge is 0.376 e. The predicted octanol–water partition coefficient (Wildman–Crippen LogP) is 3.11. The van der Waals surface area contributed by atoms with Crippen molar-refractivity contribution in [1.82, 2.24) is 0 Å². The second-order valence-corrected chi connectivity index (χ2v) is 6.55. The van der Waals surface area contributed by atoms with Gasteiger partial charge < -0.3 is 10.6 Å². The minimum Gasteiger partial charge on any atom is -0.376 e. The van der Waals surface area contributed by atoms with Crippen molar-refractivity contribution in [2.24, 2.45) is 0 Å². The van der Waals surface area contributed by atoms with Crippen LogP contribution in [0.5, 0.6) is 0 Å². The molecule has 0 aromatic heterocycles. The molecule has 0 bridgehead atoms. The van der Waals surface area contributed by atoms with Crippen LogP contribution in [-0.4, -0.2) is 5.54 Å². The molecule has 118 valence electrons. The molecule has 4 nitrogen and oxygen atoms in total. The quantitative estimate of drug-likeness (QED) is 0.805. The highest BCUT2D eigenvalue weighted by Crippen LogP contribution is 2.22. The fourth-order valence-electron chi connectivity index (χ4n) is 2.28. The van der Waals surface area contributed by atoms with E-state index in [1.54, 1.807) is 0 Å². The number of anilines is 2. The number of hydrogen-bond acceptors (Lipinski definition) is 4. The molecular formula is C18H24N2O2. The first-order valence-corrected chi connectivity index (χ1v) is 7.66. The van der Waals surface area contributed by atoms with Crippen molar-refractivity contribution in [2.75, 3.05) is 10.6 Å². The van der Waals surface area contributed by atoms with Crippen LogP contribution < -0.4 is 21.5 Å². The van der Waals surface area contributed by atoms with E-state index in [0.717, 1.165) is 12.0 Å². The Morgan fingerprint density at radius 2 is 1.68 bits per heavy atom. The van der Waals surface area contributed by atoms with Crippen LogP contribution in [0, 0.1) is 13.8 Å². The van der Waals surface area contributed by atoms with Gasteiger partial charge in [-0.05, 0) is 45.2 Å². The molecule has 2 N–H and O–H groups in total. The number of hydrogen-bond donors (Lipinski definition) is 2. The van der Waals surface area contributed by atoms with Gasteiger partial charge in [-0.25, -0.2) is 0 Å². The molecule has 22 heavy (non-hydrogen) atoms. The second kappa shape index (κ2) is 5.95. The average molecular weight is 300 g/mol. The summed E-state index contributed by atoms with van der Waals surface area (Å²) >= 11 is 0. The number of rotatable bonds is 6. The Bertz CT molecular complexity index is 753. The first kappa shape index (κ1) is 16.3. The monoisotopic (exact) mass is 300 g/mol. The Balaban J connectivity index is 2.18. The Hall–Kier alpha value is -2.10. The summed E-state index contributed by atoms with van der Waals surface area (Å²) in [6.07, 6.45) is 0.863. The van der Waals surface area contributed by atoms with E-state index < -0.39 is 10.9 Å². The molecule has 0 aliphatic heterocycles. The van der Waals surface area contributed by atoms with E-state index >= 15 is 0 Å². The highest BCUT2D eigenvalue weighted by Gasteiger charge is 2.25. The predicted molar refractivity (Wildman–Crippen MR) is 92.6 cm³/mol. The molecule has 0 saturated heterocycles. The molecule has 2 aromatic carbocycles. The van der Waals surface area contributed by atoms with Gasteiger partial charge >= 0.3 is 0 Å². The molecule has 0 saturated carbocycles. The van der Waals surface area contributed by atoms with Crippen LogP contribution in [0.1, 0.15) is 43.9 Å². The third-order valence-electron chi connectivity index (χ3n) is 4.22. The summed E-state index contributed by atoms with van der Waals surface area (Å²) in [5.74, 6) is 0. The van der Waals surface area contributed by atoms with Gasteiger partial charge in [-0.1, -0.05) is 30.7 Å². The standard InChI is InChI=1S/C18H24N2O2/c1-6-18(4,5)20-15-14(16(21)17(15)22)19-10-13-9-11(2)7-8-12(13)3/h7-9,19-20H,6,10H2,1-5H3. The van der Waals surface area contributed by atoms with Crippen molar-refractivity contribution in [1.29, 1.82) is 0 Å². The molecule has 0 unspecified atom stereocenters. The van der Waals surface area contributed by atoms with Crippen molar-refractivity contribution in [3.05, 3.63) is 55.3 Å². The summed E-state index contributed by atoms with van der Waals surface area (Å²) in [6.45, 7) is 10.7. The van der Waals surface area contributed by atoms with Gasteiger partial charge in [0, 0.05) is 12.1 Å². The van der Waals surface area contributed by atoms with Crippen molar-refractivity contribution < 1.29 is 0 Å². The molecule has 0 amide bonds. The summed E-state index contributed by atoms with van der Waals surface area (Å²) in [7, 11) is 0. The Morgan fingerprint density at radius 3 is 2.32 bits per heavy atom. The molecule has 0 aliphatic carbocycles. The normalized spacial score (nSPS) is 11.7. The van der Waals surface area contributed by atoms with Crippen LogP contribution in [0.25, 0.3) is 0 Å². The molecule has 0 fully saturated rings. The second-order valence-electron chi connectivity index (χ2n) is 6.55. The van der Waals surface area contributed by atoms with Crippen LogP contribution in [0.2, 0.25) is 0 Å². The third kappa shape index (κ3) is 3.21.